The number of aryl methyl sites for hydroxylation is 1. The number of ketones is 1. The highest BCUT2D eigenvalue weighted by Gasteiger charge is 2.75. The Morgan fingerprint density at radius 3 is 2.37 bits per heavy atom. The Morgan fingerprint density at radius 2 is 1.83 bits per heavy atom. The molecule has 0 radical (unpaired) electrons. The summed E-state index contributed by atoms with van der Waals surface area (Å²) in [6.07, 6.45) is -1.80. The predicted molar refractivity (Wildman–Crippen MR) is 147 cm³/mol. The molecule has 2 aromatic rings. The number of nitrogens with one attached hydrogen (secondary N) is 1. The molecule has 11 nitrogen and oxygen atoms in total. The topological polar surface area (TPSA) is 183 Å². The fraction of sp³-hybridized carbons (Fsp3) is 0.483. The highest BCUT2D eigenvalue weighted by atomic mass is 19.1. The van der Waals surface area contributed by atoms with E-state index < -0.39 is 65.0 Å². The minimum absolute atomic E-state index is 0.0611. The molecule has 0 saturated heterocycles. The van der Waals surface area contributed by atoms with Crippen LogP contribution in [0.5, 0.6) is 5.75 Å². The molecule has 0 aliphatic heterocycles. The van der Waals surface area contributed by atoms with E-state index in [4.69, 9.17) is 10.5 Å². The molecule has 6 atom stereocenters. The smallest absolute Gasteiger partial charge is 0.342 e. The number of aliphatic hydroxyl groups excluding tert-OH is 1. The van der Waals surface area contributed by atoms with Gasteiger partial charge in [0.15, 0.2) is 5.78 Å². The molecule has 0 unspecified atom stereocenters. The van der Waals surface area contributed by atoms with E-state index in [9.17, 15) is 39.2 Å². The van der Waals surface area contributed by atoms with E-state index in [0.29, 0.717) is 5.56 Å². The number of hydrogen-bond acceptors (Lipinski definition) is 9. The summed E-state index contributed by atoms with van der Waals surface area (Å²) in [6.45, 7) is 4.38. The molecule has 1 aliphatic carbocycles. The molecule has 1 fully saturated rings. The molecule has 7 N–H and O–H groups in total. The van der Waals surface area contributed by atoms with Gasteiger partial charge in [-0.15, -0.1) is 0 Å². The third-order valence-corrected chi connectivity index (χ3v) is 8.30. The van der Waals surface area contributed by atoms with E-state index in [2.05, 4.69) is 5.32 Å². The van der Waals surface area contributed by atoms with Crippen LogP contribution in [-0.2, 0) is 11.2 Å². The minimum Gasteiger partial charge on any atom is -0.507 e. The molecule has 2 aromatic carbocycles. The van der Waals surface area contributed by atoms with Crippen LogP contribution in [0.15, 0.2) is 36.4 Å². The van der Waals surface area contributed by atoms with Crippen molar-refractivity contribution >= 4 is 17.8 Å². The second-order valence-electron chi connectivity index (χ2n) is 11.2. The molecule has 1 aliphatic rings. The number of ether oxygens (including phenoxy) is 1. The SMILES string of the molecule is CC(=O)c1cc(F)cc(C[C@H]2[C@H](N)[C@@](NC(=O)N(C)C)([C@H](C)O)[C@@](C)(O)[C@@]2(O)COC(=O)c2c(C)cccc2O)c1. The Labute approximate surface area is 237 Å². The van der Waals surface area contributed by atoms with E-state index in [1.807, 2.05) is 0 Å². The number of Topliss-reactive ketones (excluding diaryl/α,β-unsaturated/α-hetero) is 1. The summed E-state index contributed by atoms with van der Waals surface area (Å²) in [5.74, 6) is -3.77. The van der Waals surface area contributed by atoms with Gasteiger partial charge in [-0.1, -0.05) is 12.1 Å². The van der Waals surface area contributed by atoms with Crippen molar-refractivity contribution in [3.05, 3.63) is 64.5 Å². The van der Waals surface area contributed by atoms with Crippen LogP contribution in [-0.4, -0.2) is 92.7 Å². The zero-order valence-electron chi connectivity index (χ0n) is 23.9. The summed E-state index contributed by atoms with van der Waals surface area (Å²) < 4.78 is 19.9. The number of nitrogens with zero attached hydrogens (tertiary/aromatic N) is 1. The Hall–Kier alpha value is -3.58. The van der Waals surface area contributed by atoms with Gasteiger partial charge in [0.2, 0.25) is 0 Å². The normalized spacial score (nSPS) is 28.2. The molecular weight excluding hydrogens is 537 g/mol. The number of rotatable bonds is 8. The van der Waals surface area contributed by atoms with Crippen molar-refractivity contribution in [3.63, 3.8) is 0 Å². The number of benzene rings is 2. The average molecular weight is 576 g/mol. The second-order valence-corrected chi connectivity index (χ2v) is 11.2. The van der Waals surface area contributed by atoms with Gasteiger partial charge in [-0.3, -0.25) is 4.79 Å². The van der Waals surface area contributed by atoms with Gasteiger partial charge in [0.1, 0.15) is 40.5 Å². The first-order chi connectivity index (χ1) is 18.9. The van der Waals surface area contributed by atoms with Gasteiger partial charge in [0.25, 0.3) is 0 Å². The molecule has 2 amide bonds. The molecule has 0 aromatic heterocycles. The van der Waals surface area contributed by atoms with E-state index in [0.717, 1.165) is 24.0 Å². The van der Waals surface area contributed by atoms with Crippen molar-refractivity contribution in [2.75, 3.05) is 20.7 Å². The van der Waals surface area contributed by atoms with Gasteiger partial charge in [-0.2, -0.15) is 0 Å². The number of halogens is 1. The van der Waals surface area contributed by atoms with Gasteiger partial charge in [-0.25, -0.2) is 14.0 Å². The number of phenolic OH excluding ortho intramolecular Hbond substituents is 1. The second kappa shape index (κ2) is 11.4. The van der Waals surface area contributed by atoms with Gasteiger partial charge in [0, 0.05) is 31.6 Å². The maximum atomic E-state index is 14.5. The first-order valence-electron chi connectivity index (χ1n) is 13.0. The number of carbonyl (C=O) groups excluding carboxylic acids is 3. The maximum absolute atomic E-state index is 14.5. The highest BCUT2D eigenvalue weighted by molar-refractivity contribution is 5.94. The summed E-state index contributed by atoms with van der Waals surface area (Å²) in [7, 11) is 2.85. The summed E-state index contributed by atoms with van der Waals surface area (Å²) in [6, 6.07) is 5.85. The quantitative estimate of drug-likeness (QED) is 0.199. The first kappa shape index (κ1) is 31.9. The standard InChI is InChI=1S/C29H38FN3O8/c1-15-8-7-9-22(36)23(15)25(37)41-14-28(40)21(12-18-10-19(16(2)34)13-20(30)11-18)24(31)29(17(3)35,27(28,4)39)32-26(38)33(5)6/h7-11,13,17,21,24,35-36,39-40H,12,14,31H2,1-6H3,(H,32,38)/t17-,21-,24-,27-,28+,29-/m0/s1. The molecule has 41 heavy (non-hydrogen) atoms. The van der Waals surface area contributed by atoms with E-state index in [1.54, 1.807) is 13.0 Å². The number of amides is 2. The van der Waals surface area contributed by atoms with Crippen LogP contribution in [0.4, 0.5) is 9.18 Å². The zero-order chi connectivity index (χ0) is 31.1. The van der Waals surface area contributed by atoms with Crippen molar-refractivity contribution in [1.29, 1.82) is 0 Å². The monoisotopic (exact) mass is 575 g/mol. The van der Waals surface area contributed by atoms with Crippen LogP contribution >= 0.6 is 0 Å². The lowest BCUT2D eigenvalue weighted by Gasteiger charge is -2.49. The van der Waals surface area contributed by atoms with E-state index in [1.165, 1.54) is 46.1 Å². The fourth-order valence-corrected chi connectivity index (χ4v) is 5.88. The van der Waals surface area contributed by atoms with Gasteiger partial charge >= 0.3 is 12.0 Å². The van der Waals surface area contributed by atoms with Gasteiger partial charge in [-0.05, 0) is 69.5 Å². The molecule has 224 valence electrons. The number of hydrogen-bond donors (Lipinski definition) is 6. The van der Waals surface area contributed by atoms with Crippen molar-refractivity contribution in [1.82, 2.24) is 10.2 Å². The number of carbonyl (C=O) groups is 3. The van der Waals surface area contributed by atoms with E-state index >= 15 is 0 Å². The van der Waals surface area contributed by atoms with Gasteiger partial charge < -0.3 is 41.1 Å². The highest BCUT2D eigenvalue weighted by Crippen LogP contribution is 2.52. The third-order valence-electron chi connectivity index (χ3n) is 8.30. The maximum Gasteiger partial charge on any atom is 0.342 e. The molecule has 0 bridgehead atoms. The lowest BCUT2D eigenvalue weighted by molar-refractivity contribution is -0.195. The predicted octanol–water partition coefficient (Wildman–Crippen LogP) is 1.27. The van der Waals surface area contributed by atoms with Crippen LogP contribution < -0.4 is 11.1 Å². The molecule has 1 saturated carbocycles. The number of urea groups is 1. The van der Waals surface area contributed by atoms with Crippen LogP contribution in [0.2, 0.25) is 0 Å². The molecule has 0 spiro atoms. The average Bonchev–Trinajstić information content (AvgIpc) is 2.98. The van der Waals surface area contributed by atoms with Crippen LogP contribution in [0.25, 0.3) is 0 Å². The Balaban J connectivity index is 2.16. The summed E-state index contributed by atoms with van der Waals surface area (Å²) >= 11 is 0. The van der Waals surface area contributed by atoms with E-state index in [-0.39, 0.29) is 28.9 Å². The van der Waals surface area contributed by atoms with Crippen LogP contribution in [0, 0.1) is 18.7 Å². The van der Waals surface area contributed by atoms with Crippen molar-refractivity contribution < 1.29 is 43.9 Å². The largest absolute Gasteiger partial charge is 0.507 e. The van der Waals surface area contributed by atoms with Crippen molar-refractivity contribution in [2.24, 2.45) is 11.7 Å². The summed E-state index contributed by atoms with van der Waals surface area (Å²) in [5, 5.41) is 48.1. The Bertz CT molecular complexity index is 1330. The van der Waals surface area contributed by atoms with Crippen molar-refractivity contribution in [2.45, 2.75) is 63.0 Å². The van der Waals surface area contributed by atoms with Crippen LogP contribution in [0.3, 0.4) is 0 Å². The van der Waals surface area contributed by atoms with Crippen LogP contribution in [0.1, 0.15) is 52.6 Å². The summed E-state index contributed by atoms with van der Waals surface area (Å²) in [5.41, 5.74) is 0.186. The number of phenols is 1. The van der Waals surface area contributed by atoms with Crippen molar-refractivity contribution in [3.8, 4) is 5.75 Å². The molecule has 3 rings (SSSR count). The Morgan fingerprint density at radius 1 is 1.20 bits per heavy atom. The number of aliphatic hydroxyl groups is 3. The van der Waals surface area contributed by atoms with Gasteiger partial charge in [0.05, 0.1) is 6.10 Å². The molecule has 12 heteroatoms. The zero-order valence-corrected chi connectivity index (χ0v) is 23.9. The lowest BCUT2D eigenvalue weighted by atomic mass is 9.73. The number of esters is 1. The summed E-state index contributed by atoms with van der Waals surface area (Å²) in [4.78, 5) is 39.0. The number of aromatic hydroxyl groups is 1. The minimum atomic E-state index is -2.45. The molecule has 0 heterocycles. The fourth-order valence-electron chi connectivity index (χ4n) is 5.88. The molecular formula is C29H38FN3O8. The first-order valence-corrected chi connectivity index (χ1v) is 13.0. The Kier molecular flexibility index (Phi) is 8.85. The lowest BCUT2D eigenvalue weighted by Crippen LogP contribution is -2.76. The third kappa shape index (κ3) is 5.40. The number of nitrogens with two attached hydrogens (primary N) is 1.